The number of ether oxygens (including phenoxy) is 2. The number of primary amides is 1. The Kier molecular flexibility index (Phi) is 6.16. The van der Waals surface area contributed by atoms with Crippen LogP contribution in [-0.2, 0) is 4.79 Å². The maximum Gasteiger partial charge on any atom is 0.252 e. The minimum atomic E-state index is -0.540. The summed E-state index contributed by atoms with van der Waals surface area (Å²) in [6.45, 7) is 4.66. The molecular weight excluding hydrogens is 322 g/mol. The molecule has 3 N–H and O–H groups in total. The lowest BCUT2D eigenvalue weighted by Crippen LogP contribution is -2.15. The molecule has 25 heavy (non-hydrogen) atoms. The van der Waals surface area contributed by atoms with E-state index in [4.69, 9.17) is 15.2 Å². The van der Waals surface area contributed by atoms with Gasteiger partial charge in [0, 0.05) is 24.5 Å². The molecule has 0 atom stereocenters. The Morgan fingerprint density at radius 1 is 1.32 bits per heavy atom. The minimum absolute atomic E-state index is 0.0572. The smallest absolute Gasteiger partial charge is 0.252 e. The first-order chi connectivity index (χ1) is 11.9. The summed E-state index contributed by atoms with van der Waals surface area (Å²) >= 11 is 0. The predicted octanol–water partition coefficient (Wildman–Crippen LogP) is 2.03. The molecule has 0 unspecified atom stereocenters. The van der Waals surface area contributed by atoms with E-state index in [2.05, 4.69) is 10.3 Å². The Morgan fingerprint density at radius 3 is 2.56 bits per heavy atom. The van der Waals surface area contributed by atoms with Gasteiger partial charge >= 0.3 is 0 Å². The fourth-order valence-electron chi connectivity index (χ4n) is 2.43. The van der Waals surface area contributed by atoms with Gasteiger partial charge in [0.15, 0.2) is 0 Å². The normalized spacial score (nSPS) is 13.2. The molecule has 134 valence electrons. The molecule has 7 nitrogen and oxygen atoms in total. The molecule has 1 aromatic heterocycles. The SMILES string of the molecule is COc1ccnc2cc(C(N)=O)c(OC(C)C)cc12.O=C1CCCN1. The first-order valence-electron chi connectivity index (χ1n) is 8.12. The largest absolute Gasteiger partial charge is 0.496 e. The van der Waals surface area contributed by atoms with Gasteiger partial charge in [0.05, 0.1) is 24.3 Å². The topological polar surface area (TPSA) is 104 Å². The van der Waals surface area contributed by atoms with Crippen molar-refractivity contribution in [2.75, 3.05) is 13.7 Å². The summed E-state index contributed by atoms with van der Waals surface area (Å²) in [6, 6.07) is 5.12. The molecule has 0 saturated carbocycles. The highest BCUT2D eigenvalue weighted by Crippen LogP contribution is 2.31. The van der Waals surface area contributed by atoms with E-state index in [0.717, 1.165) is 24.8 Å². The summed E-state index contributed by atoms with van der Waals surface area (Å²) in [7, 11) is 1.58. The van der Waals surface area contributed by atoms with Gasteiger partial charge in [0.2, 0.25) is 5.91 Å². The highest BCUT2D eigenvalue weighted by Gasteiger charge is 2.15. The van der Waals surface area contributed by atoms with Crippen LogP contribution in [0.3, 0.4) is 0 Å². The molecule has 1 aromatic carbocycles. The van der Waals surface area contributed by atoms with Crippen LogP contribution in [0.2, 0.25) is 0 Å². The number of fused-ring (bicyclic) bond motifs is 1. The number of amides is 2. The molecule has 7 heteroatoms. The Bertz CT molecular complexity index is 766. The van der Waals surface area contributed by atoms with Crippen molar-refractivity contribution in [1.82, 2.24) is 10.3 Å². The number of nitrogens with zero attached hydrogens (tertiary/aromatic N) is 1. The van der Waals surface area contributed by atoms with Crippen molar-refractivity contribution >= 4 is 22.7 Å². The van der Waals surface area contributed by atoms with E-state index in [1.807, 2.05) is 13.8 Å². The number of rotatable bonds is 4. The molecule has 2 aromatic rings. The van der Waals surface area contributed by atoms with Gasteiger partial charge in [-0.05, 0) is 38.5 Å². The van der Waals surface area contributed by atoms with E-state index in [0.29, 0.717) is 22.6 Å². The van der Waals surface area contributed by atoms with Crippen LogP contribution in [0.15, 0.2) is 24.4 Å². The van der Waals surface area contributed by atoms with E-state index >= 15 is 0 Å². The molecular formula is C18H23N3O4. The Hall–Kier alpha value is -2.83. The number of hydrogen-bond donors (Lipinski definition) is 2. The zero-order valence-electron chi connectivity index (χ0n) is 14.7. The van der Waals surface area contributed by atoms with Crippen LogP contribution in [0, 0.1) is 0 Å². The summed E-state index contributed by atoms with van der Waals surface area (Å²) in [5.41, 5.74) is 6.34. The molecule has 0 radical (unpaired) electrons. The van der Waals surface area contributed by atoms with E-state index in [-0.39, 0.29) is 12.0 Å². The molecule has 2 amide bonds. The van der Waals surface area contributed by atoms with Crippen molar-refractivity contribution in [1.29, 1.82) is 0 Å². The average molecular weight is 345 g/mol. The number of pyridine rings is 1. The van der Waals surface area contributed by atoms with Gasteiger partial charge in [-0.2, -0.15) is 0 Å². The second kappa shape index (κ2) is 8.32. The quantitative estimate of drug-likeness (QED) is 0.882. The molecule has 1 fully saturated rings. The van der Waals surface area contributed by atoms with Crippen molar-refractivity contribution in [3.63, 3.8) is 0 Å². The number of methoxy groups -OCH3 is 1. The molecule has 0 aliphatic carbocycles. The van der Waals surface area contributed by atoms with Gasteiger partial charge in [-0.1, -0.05) is 0 Å². The standard InChI is InChI=1S/C14H16N2O3.C4H7NO/c1-8(2)19-13-7-9-11(6-10(13)14(15)17)16-5-4-12(9)18-3;6-4-2-1-3-5-4/h4-8H,1-3H3,(H2,15,17);1-3H2,(H,5,6). The number of benzene rings is 1. The molecule has 1 aliphatic heterocycles. The zero-order valence-corrected chi connectivity index (χ0v) is 14.7. The van der Waals surface area contributed by atoms with Crippen molar-refractivity contribution in [3.8, 4) is 11.5 Å². The second-order valence-corrected chi connectivity index (χ2v) is 5.86. The lowest BCUT2D eigenvalue weighted by atomic mass is 10.1. The van der Waals surface area contributed by atoms with E-state index in [1.165, 1.54) is 0 Å². The molecule has 2 heterocycles. The minimum Gasteiger partial charge on any atom is -0.496 e. The highest BCUT2D eigenvalue weighted by molar-refractivity contribution is 6.01. The summed E-state index contributed by atoms with van der Waals surface area (Å²) < 4.78 is 10.9. The van der Waals surface area contributed by atoms with Gasteiger partial charge < -0.3 is 20.5 Å². The summed E-state index contributed by atoms with van der Waals surface area (Å²) in [4.78, 5) is 25.8. The number of nitrogens with two attached hydrogens (primary N) is 1. The zero-order chi connectivity index (χ0) is 18.4. The van der Waals surface area contributed by atoms with E-state index in [9.17, 15) is 9.59 Å². The maximum atomic E-state index is 11.5. The first-order valence-corrected chi connectivity index (χ1v) is 8.12. The van der Waals surface area contributed by atoms with Crippen molar-refractivity contribution < 1.29 is 19.1 Å². The number of carbonyl (C=O) groups excluding carboxylic acids is 2. The first kappa shape index (κ1) is 18.5. The number of carbonyl (C=O) groups is 2. The summed E-state index contributed by atoms with van der Waals surface area (Å²) in [5, 5.41) is 3.46. The van der Waals surface area contributed by atoms with Gasteiger partial charge in [-0.3, -0.25) is 14.6 Å². The maximum absolute atomic E-state index is 11.5. The number of hydrogen-bond acceptors (Lipinski definition) is 5. The molecule has 0 bridgehead atoms. The fraction of sp³-hybridized carbons (Fsp3) is 0.389. The van der Waals surface area contributed by atoms with Crippen LogP contribution < -0.4 is 20.5 Å². The number of nitrogens with one attached hydrogen (secondary N) is 1. The van der Waals surface area contributed by atoms with Gasteiger partial charge in [-0.25, -0.2) is 0 Å². The monoisotopic (exact) mass is 345 g/mol. The van der Waals surface area contributed by atoms with Crippen LogP contribution in [0.25, 0.3) is 10.9 Å². The lowest BCUT2D eigenvalue weighted by Gasteiger charge is -2.14. The van der Waals surface area contributed by atoms with Crippen LogP contribution >= 0.6 is 0 Å². The Balaban J connectivity index is 0.000000316. The van der Waals surface area contributed by atoms with Gasteiger partial charge in [0.1, 0.15) is 11.5 Å². The Morgan fingerprint density at radius 2 is 2.08 bits per heavy atom. The molecule has 1 saturated heterocycles. The predicted molar refractivity (Wildman–Crippen MR) is 94.8 cm³/mol. The van der Waals surface area contributed by atoms with Crippen LogP contribution in [0.4, 0.5) is 0 Å². The third-order valence-corrected chi connectivity index (χ3v) is 3.55. The Labute approximate surface area is 146 Å². The third kappa shape index (κ3) is 4.82. The number of aromatic nitrogens is 1. The molecule has 3 rings (SSSR count). The third-order valence-electron chi connectivity index (χ3n) is 3.55. The van der Waals surface area contributed by atoms with Gasteiger partial charge in [-0.15, -0.1) is 0 Å². The molecule has 1 aliphatic rings. The van der Waals surface area contributed by atoms with Crippen molar-refractivity contribution in [2.45, 2.75) is 32.8 Å². The average Bonchev–Trinajstić information content (AvgIpc) is 3.04. The summed E-state index contributed by atoms with van der Waals surface area (Å²) in [6.07, 6.45) is 3.33. The van der Waals surface area contributed by atoms with Crippen LogP contribution in [0.1, 0.15) is 37.0 Å². The van der Waals surface area contributed by atoms with Crippen LogP contribution in [0.5, 0.6) is 11.5 Å². The highest BCUT2D eigenvalue weighted by atomic mass is 16.5. The van der Waals surface area contributed by atoms with Crippen LogP contribution in [-0.4, -0.2) is 36.6 Å². The van der Waals surface area contributed by atoms with Gasteiger partial charge in [0.25, 0.3) is 5.91 Å². The second-order valence-electron chi connectivity index (χ2n) is 5.86. The van der Waals surface area contributed by atoms with E-state index in [1.54, 1.807) is 31.5 Å². The summed E-state index contributed by atoms with van der Waals surface area (Å²) in [5.74, 6) is 0.785. The van der Waals surface area contributed by atoms with E-state index < -0.39 is 5.91 Å². The van der Waals surface area contributed by atoms with Crippen molar-refractivity contribution in [2.24, 2.45) is 5.73 Å². The lowest BCUT2D eigenvalue weighted by molar-refractivity contribution is -0.119. The fourth-order valence-corrected chi connectivity index (χ4v) is 2.43. The molecule has 0 spiro atoms. The van der Waals surface area contributed by atoms with Crippen molar-refractivity contribution in [3.05, 3.63) is 30.0 Å².